The second kappa shape index (κ2) is 7.63. The molecule has 0 atom stereocenters. The van der Waals surface area contributed by atoms with Crippen molar-refractivity contribution in [3.63, 3.8) is 0 Å². The average molecular weight is 392 g/mol. The first-order valence-corrected chi connectivity index (χ1v) is 9.70. The second-order valence-corrected chi connectivity index (χ2v) is 7.38. The molecular formula is C21H24N6O2. The minimum absolute atomic E-state index is 0.0501. The van der Waals surface area contributed by atoms with Crippen LogP contribution in [-0.2, 0) is 24.2 Å². The molecule has 29 heavy (non-hydrogen) atoms. The minimum atomic E-state index is -0.557. The Hall–Kier alpha value is -3.26. The monoisotopic (exact) mass is 392 g/mol. The SMILES string of the molecule is Cc1nc2c(C(N)=O)cnn2c(C)c1CCC(=O)Nc1ccc2c(c1)CNCC2. The van der Waals surface area contributed by atoms with E-state index in [0.717, 1.165) is 42.1 Å². The molecule has 150 valence electrons. The molecule has 3 aromatic rings. The summed E-state index contributed by atoms with van der Waals surface area (Å²) in [5, 5.41) is 10.6. The van der Waals surface area contributed by atoms with Gasteiger partial charge in [0, 0.05) is 30.0 Å². The van der Waals surface area contributed by atoms with Crippen LogP contribution in [0.4, 0.5) is 5.69 Å². The highest BCUT2D eigenvalue weighted by atomic mass is 16.2. The molecule has 4 N–H and O–H groups in total. The Kier molecular flexibility index (Phi) is 5.02. The molecule has 2 aromatic heterocycles. The van der Waals surface area contributed by atoms with Crippen molar-refractivity contribution in [3.05, 3.63) is 58.0 Å². The Labute approximate surface area is 168 Å². The number of aromatic nitrogens is 3. The molecule has 4 rings (SSSR count). The van der Waals surface area contributed by atoms with E-state index in [1.54, 1.807) is 4.52 Å². The van der Waals surface area contributed by atoms with Gasteiger partial charge >= 0.3 is 0 Å². The largest absolute Gasteiger partial charge is 0.365 e. The number of aryl methyl sites for hydroxylation is 2. The van der Waals surface area contributed by atoms with E-state index in [9.17, 15) is 9.59 Å². The van der Waals surface area contributed by atoms with Gasteiger partial charge in [0.2, 0.25) is 5.91 Å². The standard InChI is InChI=1S/C21H24N6O2/c1-12-17(13(2)27-21(25-12)18(11-24-27)20(22)29)5-6-19(28)26-16-4-3-14-7-8-23-10-15(14)9-16/h3-4,9,11,23H,5-8,10H2,1-2H3,(H2,22,29)(H,26,28). The van der Waals surface area contributed by atoms with Gasteiger partial charge in [0.15, 0.2) is 5.65 Å². The van der Waals surface area contributed by atoms with Crippen molar-refractivity contribution in [2.24, 2.45) is 5.73 Å². The first kappa shape index (κ1) is 19.1. The van der Waals surface area contributed by atoms with Crippen LogP contribution in [0.5, 0.6) is 0 Å². The summed E-state index contributed by atoms with van der Waals surface area (Å²) in [7, 11) is 0. The molecule has 1 aromatic carbocycles. The van der Waals surface area contributed by atoms with E-state index in [4.69, 9.17) is 5.73 Å². The van der Waals surface area contributed by atoms with Gasteiger partial charge in [-0.05, 0) is 62.1 Å². The summed E-state index contributed by atoms with van der Waals surface area (Å²) in [6.45, 7) is 5.60. The topological polar surface area (TPSA) is 114 Å². The lowest BCUT2D eigenvalue weighted by Crippen LogP contribution is -2.23. The average Bonchev–Trinajstić information content (AvgIpc) is 3.12. The van der Waals surface area contributed by atoms with Gasteiger partial charge in [0.1, 0.15) is 5.56 Å². The number of amides is 2. The van der Waals surface area contributed by atoms with Gasteiger partial charge < -0.3 is 16.4 Å². The molecule has 0 fully saturated rings. The second-order valence-electron chi connectivity index (χ2n) is 7.38. The molecule has 1 aliphatic rings. The van der Waals surface area contributed by atoms with E-state index >= 15 is 0 Å². The minimum Gasteiger partial charge on any atom is -0.365 e. The summed E-state index contributed by atoms with van der Waals surface area (Å²) in [5.74, 6) is -0.607. The summed E-state index contributed by atoms with van der Waals surface area (Å²) in [5.41, 5.74) is 12.1. The zero-order chi connectivity index (χ0) is 20.5. The predicted molar refractivity (Wildman–Crippen MR) is 110 cm³/mol. The van der Waals surface area contributed by atoms with Crippen LogP contribution < -0.4 is 16.4 Å². The molecule has 0 bridgehead atoms. The van der Waals surface area contributed by atoms with Crippen LogP contribution in [0.25, 0.3) is 5.65 Å². The van der Waals surface area contributed by atoms with Crippen molar-refractivity contribution >= 4 is 23.1 Å². The van der Waals surface area contributed by atoms with Crippen LogP contribution in [0.15, 0.2) is 24.4 Å². The smallest absolute Gasteiger partial charge is 0.254 e. The normalized spacial score (nSPS) is 13.3. The maximum atomic E-state index is 12.5. The molecule has 0 spiro atoms. The van der Waals surface area contributed by atoms with Crippen molar-refractivity contribution in [1.82, 2.24) is 19.9 Å². The third kappa shape index (κ3) is 3.71. The highest BCUT2D eigenvalue weighted by Gasteiger charge is 2.17. The molecule has 0 aliphatic carbocycles. The van der Waals surface area contributed by atoms with Crippen molar-refractivity contribution in [3.8, 4) is 0 Å². The number of hydrogen-bond donors (Lipinski definition) is 3. The van der Waals surface area contributed by atoms with Crippen LogP contribution in [0, 0.1) is 13.8 Å². The Balaban J connectivity index is 1.48. The summed E-state index contributed by atoms with van der Waals surface area (Å²) in [6.07, 6.45) is 3.31. The number of nitrogens with two attached hydrogens (primary N) is 1. The van der Waals surface area contributed by atoms with Gasteiger partial charge in [0.05, 0.1) is 6.20 Å². The highest BCUT2D eigenvalue weighted by molar-refractivity contribution is 5.98. The van der Waals surface area contributed by atoms with Crippen LogP contribution in [0.3, 0.4) is 0 Å². The first-order valence-electron chi connectivity index (χ1n) is 9.70. The summed E-state index contributed by atoms with van der Waals surface area (Å²) in [6, 6.07) is 6.09. The molecule has 8 heteroatoms. The van der Waals surface area contributed by atoms with Crippen LogP contribution >= 0.6 is 0 Å². The number of benzene rings is 1. The number of fused-ring (bicyclic) bond motifs is 2. The lowest BCUT2D eigenvalue weighted by Gasteiger charge is -2.18. The van der Waals surface area contributed by atoms with E-state index < -0.39 is 5.91 Å². The van der Waals surface area contributed by atoms with Crippen molar-refractivity contribution in [2.45, 2.75) is 39.7 Å². The Morgan fingerprint density at radius 3 is 2.90 bits per heavy atom. The molecule has 2 amide bonds. The molecular weight excluding hydrogens is 368 g/mol. The number of anilines is 1. The van der Waals surface area contributed by atoms with Crippen molar-refractivity contribution in [1.29, 1.82) is 0 Å². The predicted octanol–water partition coefficient (Wildman–Crippen LogP) is 1.66. The zero-order valence-electron chi connectivity index (χ0n) is 16.6. The quantitative estimate of drug-likeness (QED) is 0.611. The number of carbonyl (C=O) groups excluding carboxylic acids is 2. The lowest BCUT2D eigenvalue weighted by atomic mass is 10.0. The zero-order valence-corrected chi connectivity index (χ0v) is 16.6. The summed E-state index contributed by atoms with van der Waals surface area (Å²) < 4.78 is 1.61. The fraction of sp³-hybridized carbons (Fsp3) is 0.333. The lowest BCUT2D eigenvalue weighted by molar-refractivity contribution is -0.116. The van der Waals surface area contributed by atoms with E-state index in [-0.39, 0.29) is 5.91 Å². The Bertz CT molecular complexity index is 1120. The molecule has 1 aliphatic heterocycles. The number of nitrogens with one attached hydrogen (secondary N) is 2. The van der Waals surface area contributed by atoms with Gasteiger partial charge in [-0.3, -0.25) is 9.59 Å². The third-order valence-corrected chi connectivity index (χ3v) is 5.45. The van der Waals surface area contributed by atoms with Crippen LogP contribution in [0.1, 0.15) is 44.9 Å². The molecule has 0 saturated heterocycles. The maximum Gasteiger partial charge on any atom is 0.254 e. The third-order valence-electron chi connectivity index (χ3n) is 5.45. The number of rotatable bonds is 5. The van der Waals surface area contributed by atoms with E-state index in [1.165, 1.54) is 17.3 Å². The first-order chi connectivity index (χ1) is 13.9. The Morgan fingerprint density at radius 2 is 2.10 bits per heavy atom. The van der Waals surface area contributed by atoms with E-state index in [0.29, 0.717) is 24.1 Å². The fourth-order valence-corrected chi connectivity index (χ4v) is 3.87. The van der Waals surface area contributed by atoms with Gasteiger partial charge in [-0.15, -0.1) is 0 Å². The Morgan fingerprint density at radius 1 is 1.28 bits per heavy atom. The van der Waals surface area contributed by atoms with Crippen LogP contribution in [0.2, 0.25) is 0 Å². The number of primary amides is 1. The molecule has 0 unspecified atom stereocenters. The maximum absolute atomic E-state index is 12.5. The molecule has 0 saturated carbocycles. The van der Waals surface area contributed by atoms with Gasteiger partial charge in [-0.2, -0.15) is 5.10 Å². The van der Waals surface area contributed by atoms with Crippen molar-refractivity contribution in [2.75, 3.05) is 11.9 Å². The summed E-state index contributed by atoms with van der Waals surface area (Å²) >= 11 is 0. The fourth-order valence-electron chi connectivity index (χ4n) is 3.87. The number of nitrogens with zero attached hydrogens (tertiary/aromatic N) is 3. The van der Waals surface area contributed by atoms with Gasteiger partial charge in [-0.25, -0.2) is 9.50 Å². The molecule has 3 heterocycles. The van der Waals surface area contributed by atoms with Gasteiger partial charge in [-0.1, -0.05) is 6.07 Å². The van der Waals surface area contributed by atoms with E-state index in [2.05, 4.69) is 26.8 Å². The van der Waals surface area contributed by atoms with Crippen LogP contribution in [-0.4, -0.2) is 33.0 Å². The van der Waals surface area contributed by atoms with Crippen molar-refractivity contribution < 1.29 is 9.59 Å². The highest BCUT2D eigenvalue weighted by Crippen LogP contribution is 2.21. The van der Waals surface area contributed by atoms with E-state index in [1.807, 2.05) is 26.0 Å². The number of carbonyl (C=O) groups is 2. The molecule has 8 nitrogen and oxygen atoms in total. The summed E-state index contributed by atoms with van der Waals surface area (Å²) in [4.78, 5) is 28.5. The van der Waals surface area contributed by atoms with Gasteiger partial charge in [0.25, 0.3) is 5.91 Å². The number of hydrogen-bond acceptors (Lipinski definition) is 5. The molecule has 0 radical (unpaired) electrons.